The van der Waals surface area contributed by atoms with Crippen molar-refractivity contribution in [2.75, 3.05) is 16.4 Å². The van der Waals surface area contributed by atoms with Crippen LogP contribution in [0.2, 0.25) is 0 Å². The number of benzene rings is 4. The van der Waals surface area contributed by atoms with E-state index in [1.54, 1.807) is 54.6 Å². The molecule has 0 aliphatic heterocycles. The van der Waals surface area contributed by atoms with Gasteiger partial charge in [0.1, 0.15) is 11.9 Å². The van der Waals surface area contributed by atoms with Crippen LogP contribution in [0.25, 0.3) is 10.8 Å². The molecule has 8 heteroatoms. The van der Waals surface area contributed by atoms with Crippen molar-refractivity contribution in [3.05, 3.63) is 106 Å². The minimum Gasteiger partial charge on any atom is -0.508 e. The summed E-state index contributed by atoms with van der Waals surface area (Å²) in [6, 6.07) is 25.3. The summed E-state index contributed by atoms with van der Waals surface area (Å²) in [4.78, 5) is 25.2. The highest BCUT2D eigenvalue weighted by Crippen LogP contribution is 2.32. The van der Waals surface area contributed by atoms with Crippen LogP contribution >= 0.6 is 22.6 Å². The van der Waals surface area contributed by atoms with E-state index in [0.717, 1.165) is 14.3 Å². The first-order valence-corrected chi connectivity index (χ1v) is 12.2. The van der Waals surface area contributed by atoms with Gasteiger partial charge in [0.2, 0.25) is 5.91 Å². The lowest BCUT2D eigenvalue weighted by Gasteiger charge is -2.19. The largest absolute Gasteiger partial charge is 0.508 e. The number of hydrogen-bond donors (Lipinski definition) is 4. The number of nitrogens with two attached hydrogens (primary N) is 1. The molecule has 0 unspecified atom stereocenters. The van der Waals surface area contributed by atoms with E-state index in [-0.39, 0.29) is 18.1 Å². The molecule has 0 heterocycles. The number of rotatable bonds is 7. The van der Waals surface area contributed by atoms with E-state index in [1.165, 1.54) is 6.08 Å². The Bertz CT molecular complexity index is 1430. The van der Waals surface area contributed by atoms with E-state index in [9.17, 15) is 14.7 Å². The van der Waals surface area contributed by atoms with Gasteiger partial charge in [0.05, 0.1) is 17.1 Å². The van der Waals surface area contributed by atoms with Crippen molar-refractivity contribution in [2.24, 2.45) is 0 Å². The van der Waals surface area contributed by atoms with E-state index in [2.05, 4.69) is 33.2 Å². The normalized spacial score (nSPS) is 11.8. The van der Waals surface area contributed by atoms with E-state index in [4.69, 9.17) is 10.5 Å². The van der Waals surface area contributed by atoms with Crippen molar-refractivity contribution in [1.82, 2.24) is 0 Å². The number of amides is 2. The van der Waals surface area contributed by atoms with Gasteiger partial charge in [-0.2, -0.15) is 0 Å². The number of carbonyl (C=O) groups is 2. The number of para-hydroxylation sites is 2. The summed E-state index contributed by atoms with van der Waals surface area (Å²) in [7, 11) is 0. The first kappa shape index (κ1) is 25.1. The van der Waals surface area contributed by atoms with Crippen molar-refractivity contribution >= 4 is 62.4 Å². The second-order valence-electron chi connectivity index (χ2n) is 7.96. The minimum atomic E-state index is -0.833. The van der Waals surface area contributed by atoms with Gasteiger partial charge in [0.25, 0.3) is 0 Å². The first-order chi connectivity index (χ1) is 17.4. The SMILES string of the molecule is Nc1ccccc1NC(=O)/C=C/C[C@H](OC(=O)Nc1cccc2ccccc12)c1cc(I)ccc1O. The Morgan fingerprint density at radius 2 is 1.67 bits per heavy atom. The number of halogens is 1. The predicted octanol–water partition coefficient (Wildman–Crippen LogP) is 6.61. The van der Waals surface area contributed by atoms with Gasteiger partial charge in [0.15, 0.2) is 0 Å². The zero-order chi connectivity index (χ0) is 25.5. The van der Waals surface area contributed by atoms with Gasteiger partial charge in [0, 0.05) is 20.9 Å². The molecule has 0 aliphatic rings. The van der Waals surface area contributed by atoms with Crippen LogP contribution in [-0.4, -0.2) is 17.1 Å². The number of hydrogen-bond acceptors (Lipinski definition) is 5. The van der Waals surface area contributed by atoms with Gasteiger partial charge < -0.3 is 20.9 Å². The molecule has 0 radical (unpaired) electrons. The predicted molar refractivity (Wildman–Crippen MR) is 151 cm³/mol. The van der Waals surface area contributed by atoms with Crippen LogP contribution in [0.3, 0.4) is 0 Å². The van der Waals surface area contributed by atoms with Gasteiger partial charge in [-0.3, -0.25) is 10.1 Å². The lowest BCUT2D eigenvalue weighted by atomic mass is 10.0. The molecule has 0 fully saturated rings. The average Bonchev–Trinajstić information content (AvgIpc) is 2.86. The first-order valence-electron chi connectivity index (χ1n) is 11.2. The molecule has 0 bridgehead atoms. The number of phenolic OH excluding ortho intramolecular Hbond substituents is 1. The van der Waals surface area contributed by atoms with Gasteiger partial charge >= 0.3 is 6.09 Å². The average molecular weight is 593 g/mol. The molecule has 36 heavy (non-hydrogen) atoms. The Hall–Kier alpha value is -4.05. The van der Waals surface area contributed by atoms with Crippen LogP contribution in [0.4, 0.5) is 21.9 Å². The van der Waals surface area contributed by atoms with Crippen molar-refractivity contribution in [3.63, 3.8) is 0 Å². The quantitative estimate of drug-likeness (QED) is 0.110. The Morgan fingerprint density at radius 1 is 0.944 bits per heavy atom. The molecule has 1 atom stereocenters. The zero-order valence-corrected chi connectivity index (χ0v) is 21.3. The van der Waals surface area contributed by atoms with Gasteiger partial charge in [-0.05, 0) is 70.5 Å². The van der Waals surface area contributed by atoms with E-state index in [1.807, 2.05) is 36.4 Å². The number of fused-ring (bicyclic) bond motifs is 1. The number of ether oxygens (including phenoxy) is 1. The molecule has 0 aromatic heterocycles. The van der Waals surface area contributed by atoms with Gasteiger partial charge in [-0.25, -0.2) is 4.79 Å². The fourth-order valence-corrected chi connectivity index (χ4v) is 4.22. The molecule has 2 amide bonds. The lowest BCUT2D eigenvalue weighted by molar-refractivity contribution is -0.111. The van der Waals surface area contributed by atoms with Crippen LogP contribution in [0.15, 0.2) is 97.1 Å². The molecular weight excluding hydrogens is 569 g/mol. The number of carbonyl (C=O) groups excluding carboxylic acids is 2. The third kappa shape index (κ3) is 6.33. The third-order valence-electron chi connectivity index (χ3n) is 5.45. The van der Waals surface area contributed by atoms with Crippen LogP contribution in [-0.2, 0) is 9.53 Å². The summed E-state index contributed by atoms with van der Waals surface area (Å²) in [5.74, 6) is -0.382. The monoisotopic (exact) mass is 593 g/mol. The smallest absolute Gasteiger partial charge is 0.412 e. The summed E-state index contributed by atoms with van der Waals surface area (Å²) in [5.41, 5.74) is 7.88. The molecule has 0 saturated carbocycles. The van der Waals surface area contributed by atoms with Gasteiger partial charge in [-0.15, -0.1) is 0 Å². The summed E-state index contributed by atoms with van der Waals surface area (Å²) in [6.07, 6.45) is 1.58. The summed E-state index contributed by atoms with van der Waals surface area (Å²) >= 11 is 2.12. The maximum Gasteiger partial charge on any atom is 0.412 e. The highest BCUT2D eigenvalue weighted by atomic mass is 127. The molecule has 4 aromatic rings. The molecule has 5 N–H and O–H groups in total. The van der Waals surface area contributed by atoms with E-state index >= 15 is 0 Å². The second-order valence-corrected chi connectivity index (χ2v) is 9.21. The molecular formula is C28H24IN3O4. The molecule has 182 valence electrons. The highest BCUT2D eigenvalue weighted by molar-refractivity contribution is 14.1. The number of nitrogen functional groups attached to an aromatic ring is 1. The number of anilines is 3. The summed E-state index contributed by atoms with van der Waals surface area (Å²) in [5, 5.41) is 17.8. The molecule has 0 saturated heterocycles. The maximum atomic E-state index is 12.9. The Labute approximate surface area is 222 Å². The summed E-state index contributed by atoms with van der Waals surface area (Å²) < 4.78 is 6.59. The Kier molecular flexibility index (Phi) is 8.06. The molecule has 7 nitrogen and oxygen atoms in total. The zero-order valence-electron chi connectivity index (χ0n) is 19.1. The minimum absolute atomic E-state index is 0.00622. The van der Waals surface area contributed by atoms with Crippen LogP contribution in [0.5, 0.6) is 5.75 Å². The number of nitrogens with one attached hydrogen (secondary N) is 2. The van der Waals surface area contributed by atoms with Crippen LogP contribution in [0.1, 0.15) is 18.1 Å². The molecule has 4 rings (SSSR count). The Morgan fingerprint density at radius 3 is 2.50 bits per heavy atom. The maximum absolute atomic E-state index is 12.9. The van der Waals surface area contributed by atoms with E-state index < -0.39 is 12.2 Å². The second kappa shape index (κ2) is 11.6. The van der Waals surface area contributed by atoms with Crippen molar-refractivity contribution in [3.8, 4) is 5.75 Å². The van der Waals surface area contributed by atoms with Crippen LogP contribution < -0.4 is 16.4 Å². The molecule has 0 spiro atoms. The van der Waals surface area contributed by atoms with Gasteiger partial charge in [-0.1, -0.05) is 54.6 Å². The van der Waals surface area contributed by atoms with Crippen molar-refractivity contribution in [2.45, 2.75) is 12.5 Å². The fourth-order valence-electron chi connectivity index (χ4n) is 3.71. The Balaban J connectivity index is 1.50. The number of aromatic hydroxyl groups is 1. The summed E-state index contributed by atoms with van der Waals surface area (Å²) in [6.45, 7) is 0. The molecule has 4 aromatic carbocycles. The third-order valence-corrected chi connectivity index (χ3v) is 6.12. The number of phenols is 1. The van der Waals surface area contributed by atoms with Crippen molar-refractivity contribution < 1.29 is 19.4 Å². The molecule has 0 aliphatic carbocycles. The van der Waals surface area contributed by atoms with E-state index in [0.29, 0.717) is 22.6 Å². The topological polar surface area (TPSA) is 114 Å². The van der Waals surface area contributed by atoms with Crippen molar-refractivity contribution in [1.29, 1.82) is 0 Å². The standard InChI is InChI=1S/C28H24IN3O4/c29-19-15-16-25(33)21(17-19)26(13-6-14-27(34)31-24-11-4-3-10-22(24)30)36-28(35)32-23-12-5-8-18-7-1-2-9-20(18)23/h1-12,14-17,26,33H,13,30H2,(H,31,34)(H,32,35)/b14-6+/t26-/m0/s1. The lowest BCUT2D eigenvalue weighted by Crippen LogP contribution is -2.18. The van der Waals surface area contributed by atoms with Crippen LogP contribution in [0, 0.1) is 3.57 Å². The highest BCUT2D eigenvalue weighted by Gasteiger charge is 2.20. The fraction of sp³-hybridized carbons (Fsp3) is 0.0714.